The lowest BCUT2D eigenvalue weighted by Crippen LogP contribution is -2.14. The van der Waals surface area contributed by atoms with Crippen LogP contribution in [0.1, 0.15) is 45.4 Å². The van der Waals surface area contributed by atoms with Crippen molar-refractivity contribution >= 4 is 12.4 Å². The third-order valence-electron chi connectivity index (χ3n) is 2.47. The van der Waals surface area contributed by atoms with Crippen molar-refractivity contribution in [1.82, 2.24) is 9.78 Å². The van der Waals surface area contributed by atoms with Crippen molar-refractivity contribution in [2.45, 2.75) is 39.5 Å². The molecule has 0 aliphatic heterocycles. The third kappa shape index (κ3) is 2.81. The van der Waals surface area contributed by atoms with E-state index < -0.39 is 0 Å². The minimum absolute atomic E-state index is 0.00513. The van der Waals surface area contributed by atoms with Crippen molar-refractivity contribution in [2.75, 3.05) is 0 Å². The first-order valence-corrected chi connectivity index (χ1v) is 5.58. The highest BCUT2D eigenvalue weighted by Gasteiger charge is 2.20. The van der Waals surface area contributed by atoms with Gasteiger partial charge in [0, 0.05) is 24.2 Å². The SMILES string of the molecule is CCC(C=O)=Cc1cn(C)nc1C(C)(C)C. The number of aldehydes is 1. The molecule has 1 aromatic rings. The number of carbonyl (C=O) groups excluding carboxylic acids is 1. The molecule has 0 bridgehead atoms. The zero-order chi connectivity index (χ0) is 12.3. The number of hydrogen-bond acceptors (Lipinski definition) is 2. The summed E-state index contributed by atoms with van der Waals surface area (Å²) in [4.78, 5) is 10.8. The van der Waals surface area contributed by atoms with Gasteiger partial charge >= 0.3 is 0 Å². The summed E-state index contributed by atoms with van der Waals surface area (Å²) in [6, 6.07) is 0. The van der Waals surface area contributed by atoms with Gasteiger partial charge in [-0.25, -0.2) is 0 Å². The number of carbonyl (C=O) groups is 1. The zero-order valence-corrected chi connectivity index (χ0v) is 10.7. The number of aryl methyl sites for hydroxylation is 1. The number of nitrogens with zero attached hydrogens (tertiary/aromatic N) is 2. The smallest absolute Gasteiger partial charge is 0.146 e. The van der Waals surface area contributed by atoms with Crippen molar-refractivity contribution in [3.8, 4) is 0 Å². The molecule has 0 atom stereocenters. The number of allylic oxidation sites excluding steroid dienone is 1. The number of hydrogen-bond donors (Lipinski definition) is 0. The molecule has 3 nitrogen and oxygen atoms in total. The normalized spacial score (nSPS) is 12.9. The predicted octanol–water partition coefficient (Wildman–Crippen LogP) is 2.71. The molecule has 0 spiro atoms. The Hall–Kier alpha value is -1.38. The molecule has 16 heavy (non-hydrogen) atoms. The van der Waals surface area contributed by atoms with E-state index >= 15 is 0 Å². The Kier molecular flexibility index (Phi) is 3.68. The van der Waals surface area contributed by atoms with Crippen LogP contribution < -0.4 is 0 Å². The van der Waals surface area contributed by atoms with Gasteiger partial charge in [0.2, 0.25) is 0 Å². The Balaban J connectivity index is 3.23. The van der Waals surface area contributed by atoms with E-state index in [1.807, 2.05) is 26.2 Å². The van der Waals surface area contributed by atoms with Crippen LogP contribution in [0.4, 0.5) is 0 Å². The molecule has 0 aliphatic carbocycles. The maximum absolute atomic E-state index is 10.8. The average Bonchev–Trinajstić information content (AvgIpc) is 2.55. The van der Waals surface area contributed by atoms with E-state index in [2.05, 4.69) is 25.9 Å². The summed E-state index contributed by atoms with van der Waals surface area (Å²) >= 11 is 0. The van der Waals surface area contributed by atoms with Crippen LogP contribution in [0.3, 0.4) is 0 Å². The highest BCUT2D eigenvalue weighted by molar-refractivity contribution is 5.81. The van der Waals surface area contributed by atoms with Gasteiger partial charge in [0.15, 0.2) is 0 Å². The van der Waals surface area contributed by atoms with Gasteiger partial charge in [-0.2, -0.15) is 5.10 Å². The first-order chi connectivity index (χ1) is 7.38. The summed E-state index contributed by atoms with van der Waals surface area (Å²) in [5.74, 6) is 0. The number of aromatic nitrogens is 2. The minimum atomic E-state index is -0.00513. The van der Waals surface area contributed by atoms with Crippen molar-refractivity contribution in [3.63, 3.8) is 0 Å². The van der Waals surface area contributed by atoms with Crippen LogP contribution in [0.2, 0.25) is 0 Å². The maximum atomic E-state index is 10.8. The highest BCUT2D eigenvalue weighted by atomic mass is 16.1. The molecule has 0 aromatic carbocycles. The standard InChI is InChI=1S/C13H20N2O/c1-6-10(9-16)7-11-8-15(5)14-12(11)13(2,3)4/h7-9H,6H2,1-5H3. The predicted molar refractivity (Wildman–Crippen MR) is 66.2 cm³/mol. The van der Waals surface area contributed by atoms with E-state index in [4.69, 9.17) is 0 Å². The summed E-state index contributed by atoms with van der Waals surface area (Å²) in [6.45, 7) is 8.35. The second-order valence-corrected chi connectivity index (χ2v) is 5.05. The van der Waals surface area contributed by atoms with E-state index in [1.165, 1.54) is 0 Å². The fourth-order valence-corrected chi connectivity index (χ4v) is 1.61. The van der Waals surface area contributed by atoms with Crippen molar-refractivity contribution < 1.29 is 4.79 Å². The van der Waals surface area contributed by atoms with Crippen molar-refractivity contribution in [1.29, 1.82) is 0 Å². The molecule has 0 amide bonds. The molecular weight excluding hydrogens is 200 g/mol. The van der Waals surface area contributed by atoms with E-state index in [1.54, 1.807) is 4.68 Å². The van der Waals surface area contributed by atoms with Gasteiger partial charge in [-0.05, 0) is 18.1 Å². The summed E-state index contributed by atoms with van der Waals surface area (Å²) < 4.78 is 1.80. The first kappa shape index (κ1) is 12.7. The van der Waals surface area contributed by atoms with Crippen LogP contribution in [0.25, 0.3) is 6.08 Å². The lowest BCUT2D eigenvalue weighted by molar-refractivity contribution is -0.104. The Labute approximate surface area is 97.2 Å². The van der Waals surface area contributed by atoms with Gasteiger partial charge in [-0.3, -0.25) is 9.48 Å². The lowest BCUT2D eigenvalue weighted by Gasteiger charge is -2.16. The molecule has 0 fully saturated rings. The molecule has 1 aromatic heterocycles. The summed E-state index contributed by atoms with van der Waals surface area (Å²) in [5.41, 5.74) is 2.87. The quantitative estimate of drug-likeness (QED) is 0.580. The van der Waals surface area contributed by atoms with Crippen LogP contribution in [0, 0.1) is 0 Å². The molecule has 0 saturated heterocycles. The molecule has 0 radical (unpaired) electrons. The van der Waals surface area contributed by atoms with Gasteiger partial charge in [-0.1, -0.05) is 27.7 Å². The summed E-state index contributed by atoms with van der Waals surface area (Å²) in [7, 11) is 1.90. The van der Waals surface area contributed by atoms with Crippen molar-refractivity contribution in [2.24, 2.45) is 7.05 Å². The Morgan fingerprint density at radius 1 is 1.50 bits per heavy atom. The third-order valence-corrected chi connectivity index (χ3v) is 2.47. The van der Waals surface area contributed by atoms with Gasteiger partial charge in [0.25, 0.3) is 0 Å². The van der Waals surface area contributed by atoms with Crippen LogP contribution in [0.5, 0.6) is 0 Å². The number of rotatable bonds is 3. The lowest BCUT2D eigenvalue weighted by atomic mass is 9.89. The molecule has 0 saturated carbocycles. The average molecular weight is 220 g/mol. The van der Waals surface area contributed by atoms with E-state index in [9.17, 15) is 4.79 Å². The largest absolute Gasteiger partial charge is 0.298 e. The molecule has 0 aliphatic rings. The van der Waals surface area contributed by atoms with Crippen molar-refractivity contribution in [3.05, 3.63) is 23.0 Å². The van der Waals surface area contributed by atoms with Crippen LogP contribution in [-0.2, 0) is 17.3 Å². The van der Waals surface area contributed by atoms with E-state index in [0.29, 0.717) is 0 Å². The van der Waals surface area contributed by atoms with E-state index in [0.717, 1.165) is 29.5 Å². The first-order valence-electron chi connectivity index (χ1n) is 5.58. The molecule has 0 unspecified atom stereocenters. The van der Waals surface area contributed by atoms with Crippen LogP contribution >= 0.6 is 0 Å². The minimum Gasteiger partial charge on any atom is -0.298 e. The summed E-state index contributed by atoms with van der Waals surface area (Å²) in [6.07, 6.45) is 5.56. The summed E-state index contributed by atoms with van der Waals surface area (Å²) in [5, 5.41) is 4.46. The highest BCUT2D eigenvalue weighted by Crippen LogP contribution is 2.25. The topological polar surface area (TPSA) is 34.9 Å². The second kappa shape index (κ2) is 4.64. The molecule has 1 rings (SSSR count). The maximum Gasteiger partial charge on any atom is 0.146 e. The molecule has 1 heterocycles. The fraction of sp³-hybridized carbons (Fsp3) is 0.538. The second-order valence-electron chi connectivity index (χ2n) is 5.05. The fourth-order valence-electron chi connectivity index (χ4n) is 1.61. The Bertz CT molecular complexity index is 408. The Morgan fingerprint density at radius 2 is 2.12 bits per heavy atom. The van der Waals surface area contributed by atoms with E-state index in [-0.39, 0.29) is 5.41 Å². The Morgan fingerprint density at radius 3 is 2.56 bits per heavy atom. The van der Waals surface area contributed by atoms with Gasteiger partial charge < -0.3 is 0 Å². The van der Waals surface area contributed by atoms with Crippen LogP contribution in [0.15, 0.2) is 11.8 Å². The van der Waals surface area contributed by atoms with Gasteiger partial charge in [0.1, 0.15) is 6.29 Å². The molecule has 88 valence electrons. The molecule has 0 N–H and O–H groups in total. The van der Waals surface area contributed by atoms with Gasteiger partial charge in [-0.15, -0.1) is 0 Å². The zero-order valence-electron chi connectivity index (χ0n) is 10.7. The molecule has 3 heteroatoms. The van der Waals surface area contributed by atoms with Crippen LogP contribution in [-0.4, -0.2) is 16.1 Å². The van der Waals surface area contributed by atoms with Gasteiger partial charge in [0.05, 0.1) is 5.69 Å². The monoisotopic (exact) mass is 220 g/mol. The molecular formula is C13H20N2O.